The predicted molar refractivity (Wildman–Crippen MR) is 63.0 cm³/mol. The molecule has 2 fully saturated rings. The number of alkyl halides is 1. The van der Waals surface area contributed by atoms with Gasteiger partial charge in [-0.2, -0.15) is 0 Å². The van der Waals surface area contributed by atoms with Crippen LogP contribution in [0.25, 0.3) is 0 Å². The van der Waals surface area contributed by atoms with Crippen molar-refractivity contribution in [1.29, 1.82) is 0 Å². The molecule has 0 aliphatic carbocycles. The first kappa shape index (κ1) is 11.4. The maximum atomic E-state index is 6.01. The second-order valence-corrected chi connectivity index (χ2v) is 6.83. The minimum atomic E-state index is -0.0925. The summed E-state index contributed by atoms with van der Waals surface area (Å²) in [6.45, 7) is 3.86. The van der Waals surface area contributed by atoms with Crippen LogP contribution >= 0.6 is 33.2 Å². The fraction of sp³-hybridized carbons (Fsp3) is 1.00. The van der Waals surface area contributed by atoms with Gasteiger partial charge in [0.2, 0.25) is 0 Å². The van der Waals surface area contributed by atoms with E-state index in [1.807, 2.05) is 21.6 Å². The van der Waals surface area contributed by atoms with Crippen molar-refractivity contribution in [3.05, 3.63) is 0 Å². The highest BCUT2D eigenvalue weighted by atomic mass is 35.5. The van der Waals surface area contributed by atoms with Crippen molar-refractivity contribution in [1.82, 2.24) is 0 Å². The Morgan fingerprint density at radius 1 is 1.07 bits per heavy atom. The third-order valence-electron chi connectivity index (χ3n) is 2.58. The van der Waals surface area contributed by atoms with Gasteiger partial charge in [-0.25, -0.2) is 0 Å². The van der Waals surface area contributed by atoms with Gasteiger partial charge < -0.3 is 9.47 Å². The van der Waals surface area contributed by atoms with E-state index in [9.17, 15) is 0 Å². The van der Waals surface area contributed by atoms with E-state index in [4.69, 9.17) is 21.1 Å². The van der Waals surface area contributed by atoms with E-state index in [2.05, 4.69) is 6.92 Å². The number of halogens is 1. The Hall–Kier alpha value is 0.910. The summed E-state index contributed by atoms with van der Waals surface area (Å²) in [5.74, 6) is 0. The maximum Gasteiger partial charge on any atom is 0.143 e. The van der Waals surface area contributed by atoms with Gasteiger partial charge >= 0.3 is 0 Å². The summed E-state index contributed by atoms with van der Waals surface area (Å²) < 4.78 is 10.8. The third-order valence-corrected chi connectivity index (χ3v) is 6.68. The molecule has 0 amide bonds. The molecule has 4 atom stereocenters. The molecule has 0 N–H and O–H groups in total. The normalized spacial score (nSPS) is 43.3. The summed E-state index contributed by atoms with van der Waals surface area (Å²) in [5.41, 5.74) is -0.0925. The average Bonchev–Trinajstić information content (AvgIpc) is 2.72. The molecule has 0 saturated carbocycles. The van der Waals surface area contributed by atoms with Crippen molar-refractivity contribution in [2.75, 3.05) is 13.2 Å². The van der Waals surface area contributed by atoms with Crippen LogP contribution < -0.4 is 0 Å². The maximum absolute atomic E-state index is 6.01. The summed E-state index contributed by atoms with van der Waals surface area (Å²) >= 11 is 6.01. The van der Waals surface area contributed by atoms with Crippen molar-refractivity contribution >= 4 is 33.2 Å². The zero-order valence-electron chi connectivity index (χ0n) is 8.15. The van der Waals surface area contributed by atoms with Gasteiger partial charge in [-0.3, -0.25) is 0 Å². The lowest BCUT2D eigenvalue weighted by Gasteiger charge is -2.16. The van der Waals surface area contributed by atoms with Crippen molar-refractivity contribution in [2.24, 2.45) is 0 Å². The summed E-state index contributed by atoms with van der Waals surface area (Å²) in [4.78, 5) is 0. The molecule has 82 valence electrons. The standard InChI is InChI=1S/C9H15ClO2S2/c1-6-7(2-4-11-6)13-14-8-3-5-12-9(8)10/h6-9H,2-5H2,1H3. The number of hydrogen-bond acceptors (Lipinski definition) is 4. The van der Waals surface area contributed by atoms with Gasteiger partial charge in [0, 0.05) is 18.5 Å². The van der Waals surface area contributed by atoms with Crippen LogP contribution in [0.2, 0.25) is 0 Å². The first-order chi connectivity index (χ1) is 6.77. The van der Waals surface area contributed by atoms with Crippen molar-refractivity contribution in [3.8, 4) is 0 Å². The minimum Gasteiger partial charge on any atom is -0.377 e. The summed E-state index contributed by atoms with van der Waals surface area (Å²) in [7, 11) is 3.79. The van der Waals surface area contributed by atoms with Crippen LogP contribution in [0, 0.1) is 0 Å². The van der Waals surface area contributed by atoms with Crippen LogP contribution in [0.5, 0.6) is 0 Å². The number of rotatable bonds is 3. The molecule has 0 aromatic carbocycles. The van der Waals surface area contributed by atoms with Gasteiger partial charge in [0.25, 0.3) is 0 Å². The van der Waals surface area contributed by atoms with Crippen molar-refractivity contribution in [3.63, 3.8) is 0 Å². The third kappa shape index (κ3) is 2.73. The molecular weight excluding hydrogens is 240 g/mol. The predicted octanol–water partition coefficient (Wildman–Crippen LogP) is 2.90. The Labute approximate surface area is 97.8 Å². The van der Waals surface area contributed by atoms with Gasteiger partial charge in [-0.05, 0) is 19.8 Å². The van der Waals surface area contributed by atoms with Crippen LogP contribution in [-0.2, 0) is 9.47 Å². The van der Waals surface area contributed by atoms with Gasteiger partial charge in [-0.1, -0.05) is 33.2 Å². The van der Waals surface area contributed by atoms with Crippen LogP contribution in [0.4, 0.5) is 0 Å². The van der Waals surface area contributed by atoms with Crippen LogP contribution in [-0.4, -0.2) is 35.4 Å². The molecule has 0 radical (unpaired) electrons. The summed E-state index contributed by atoms with van der Waals surface area (Å²) in [6.07, 6.45) is 2.64. The first-order valence-electron chi connectivity index (χ1n) is 4.97. The zero-order valence-corrected chi connectivity index (χ0v) is 10.5. The molecule has 5 heteroatoms. The monoisotopic (exact) mass is 254 g/mol. The molecule has 0 bridgehead atoms. The number of hydrogen-bond donors (Lipinski definition) is 0. The van der Waals surface area contributed by atoms with E-state index in [0.29, 0.717) is 16.6 Å². The van der Waals surface area contributed by atoms with Crippen LogP contribution in [0.15, 0.2) is 0 Å². The molecule has 2 saturated heterocycles. The Balaban J connectivity index is 1.71. The molecule has 2 aliphatic heterocycles. The number of ether oxygens (including phenoxy) is 2. The van der Waals surface area contributed by atoms with Gasteiger partial charge in [0.05, 0.1) is 11.4 Å². The molecule has 2 rings (SSSR count). The second kappa shape index (κ2) is 5.30. The SMILES string of the molecule is CC1OCCC1SSC1CCOC1Cl. The highest BCUT2D eigenvalue weighted by molar-refractivity contribution is 8.77. The van der Waals surface area contributed by atoms with E-state index in [1.165, 1.54) is 6.42 Å². The Morgan fingerprint density at radius 2 is 1.71 bits per heavy atom. The lowest BCUT2D eigenvalue weighted by molar-refractivity contribution is 0.127. The Bertz CT molecular complexity index is 174. The smallest absolute Gasteiger partial charge is 0.143 e. The van der Waals surface area contributed by atoms with Gasteiger partial charge in [0.1, 0.15) is 5.56 Å². The molecule has 0 aromatic rings. The molecule has 2 heterocycles. The quantitative estimate of drug-likeness (QED) is 0.569. The lowest BCUT2D eigenvalue weighted by Crippen LogP contribution is -2.14. The van der Waals surface area contributed by atoms with Gasteiger partial charge in [-0.15, -0.1) is 0 Å². The second-order valence-electron chi connectivity index (χ2n) is 3.64. The van der Waals surface area contributed by atoms with Crippen LogP contribution in [0.1, 0.15) is 19.8 Å². The first-order valence-corrected chi connectivity index (χ1v) is 7.68. The summed E-state index contributed by atoms with van der Waals surface area (Å²) in [6, 6.07) is 0. The van der Waals surface area contributed by atoms with Crippen molar-refractivity contribution in [2.45, 2.75) is 41.9 Å². The van der Waals surface area contributed by atoms with Crippen molar-refractivity contribution < 1.29 is 9.47 Å². The lowest BCUT2D eigenvalue weighted by atomic mass is 10.3. The largest absolute Gasteiger partial charge is 0.377 e. The van der Waals surface area contributed by atoms with E-state index in [1.54, 1.807) is 0 Å². The Kier molecular flexibility index (Phi) is 4.32. The molecule has 2 nitrogen and oxygen atoms in total. The van der Waals surface area contributed by atoms with E-state index in [0.717, 1.165) is 19.6 Å². The molecular formula is C9H15ClO2S2. The molecule has 2 aliphatic rings. The molecule has 0 spiro atoms. The van der Waals surface area contributed by atoms with E-state index < -0.39 is 0 Å². The molecule has 0 aromatic heterocycles. The van der Waals surface area contributed by atoms with E-state index >= 15 is 0 Å². The Morgan fingerprint density at radius 3 is 2.29 bits per heavy atom. The highest BCUT2D eigenvalue weighted by Crippen LogP contribution is 2.42. The highest BCUT2D eigenvalue weighted by Gasteiger charge is 2.31. The van der Waals surface area contributed by atoms with E-state index in [-0.39, 0.29) is 5.56 Å². The fourth-order valence-electron chi connectivity index (χ4n) is 1.61. The topological polar surface area (TPSA) is 18.5 Å². The average molecular weight is 255 g/mol. The summed E-state index contributed by atoms with van der Waals surface area (Å²) in [5, 5.41) is 1.08. The molecule has 4 unspecified atom stereocenters. The minimum absolute atomic E-state index is 0.0925. The zero-order chi connectivity index (χ0) is 9.97. The van der Waals surface area contributed by atoms with Gasteiger partial charge in [0.15, 0.2) is 0 Å². The molecule has 14 heavy (non-hydrogen) atoms. The fourth-order valence-corrected chi connectivity index (χ4v) is 5.44. The van der Waals surface area contributed by atoms with Crippen LogP contribution in [0.3, 0.4) is 0 Å².